The van der Waals surface area contributed by atoms with E-state index in [4.69, 9.17) is 9.83 Å². The van der Waals surface area contributed by atoms with Gasteiger partial charge in [0.05, 0.1) is 0 Å². The topological polar surface area (TPSA) is 37.0 Å². The molecule has 0 saturated heterocycles. The van der Waals surface area contributed by atoms with Gasteiger partial charge in [-0.15, -0.1) is 0 Å². The molecule has 0 amide bonds. The summed E-state index contributed by atoms with van der Waals surface area (Å²) < 4.78 is 6.43. The molecular weight excluding hydrogens is 294 g/mol. The standard InChI is InChI=1S/C22H29NO/c1-6-17(14-15(3)4)21-18(7-2)20-12-11-16(5)19(22(20)24-21)10-8-9-13-23/h6,8-9,11-13,15,23H,7,10,14H2,1-5H3/b9-8-,17-6-,23-13?. The molecule has 2 heteroatoms. The monoisotopic (exact) mass is 323 g/mol. The first-order chi connectivity index (χ1) is 11.5. The van der Waals surface area contributed by atoms with Crippen molar-refractivity contribution >= 4 is 22.8 Å². The molecule has 0 fully saturated rings. The van der Waals surface area contributed by atoms with Crippen LogP contribution in [0.3, 0.4) is 0 Å². The highest BCUT2D eigenvalue weighted by Gasteiger charge is 2.19. The molecule has 0 radical (unpaired) electrons. The SMILES string of the molecule is C/C=C(/CC(C)C)c1oc2c(C/C=C\C=N)c(C)ccc2c1CC. The van der Waals surface area contributed by atoms with Gasteiger partial charge in [-0.2, -0.15) is 0 Å². The Kier molecular flexibility index (Phi) is 6.19. The van der Waals surface area contributed by atoms with Gasteiger partial charge in [-0.3, -0.25) is 0 Å². The summed E-state index contributed by atoms with van der Waals surface area (Å²) in [6, 6.07) is 4.38. The second-order valence-electron chi connectivity index (χ2n) is 6.71. The first-order valence-corrected chi connectivity index (χ1v) is 8.88. The van der Waals surface area contributed by atoms with E-state index in [0.29, 0.717) is 5.92 Å². The van der Waals surface area contributed by atoms with Crippen molar-refractivity contribution in [2.24, 2.45) is 5.92 Å². The first-order valence-electron chi connectivity index (χ1n) is 8.88. The molecule has 0 aliphatic heterocycles. The quantitative estimate of drug-likeness (QED) is 0.580. The van der Waals surface area contributed by atoms with Crippen LogP contribution in [0.5, 0.6) is 0 Å². The van der Waals surface area contributed by atoms with Crippen molar-refractivity contribution in [3.63, 3.8) is 0 Å². The predicted octanol–water partition coefficient (Wildman–Crippen LogP) is 6.50. The third kappa shape index (κ3) is 3.69. The molecule has 0 aliphatic carbocycles. The Balaban J connectivity index is 2.64. The van der Waals surface area contributed by atoms with Gasteiger partial charge in [0.25, 0.3) is 0 Å². The zero-order valence-electron chi connectivity index (χ0n) is 15.6. The van der Waals surface area contributed by atoms with E-state index >= 15 is 0 Å². The van der Waals surface area contributed by atoms with E-state index < -0.39 is 0 Å². The van der Waals surface area contributed by atoms with Crippen molar-refractivity contribution in [2.45, 2.75) is 53.9 Å². The van der Waals surface area contributed by atoms with E-state index in [9.17, 15) is 0 Å². The van der Waals surface area contributed by atoms with E-state index in [1.54, 1.807) is 6.08 Å². The highest BCUT2D eigenvalue weighted by atomic mass is 16.3. The number of furan rings is 1. The second kappa shape index (κ2) is 8.14. The molecule has 2 rings (SSSR count). The van der Waals surface area contributed by atoms with Gasteiger partial charge in [0.1, 0.15) is 11.3 Å². The minimum atomic E-state index is 0.603. The average Bonchev–Trinajstić information content (AvgIpc) is 2.93. The van der Waals surface area contributed by atoms with Crippen molar-refractivity contribution < 1.29 is 4.42 Å². The summed E-state index contributed by atoms with van der Waals surface area (Å²) in [5, 5.41) is 8.39. The Labute approximate surface area is 145 Å². The maximum atomic E-state index is 7.16. The van der Waals surface area contributed by atoms with Crippen LogP contribution >= 0.6 is 0 Å². The lowest BCUT2D eigenvalue weighted by molar-refractivity contribution is 0.575. The number of fused-ring (bicyclic) bond motifs is 1. The molecule has 0 aliphatic rings. The molecule has 1 aromatic heterocycles. The molecular formula is C22H29NO. The molecule has 24 heavy (non-hydrogen) atoms. The molecule has 0 bridgehead atoms. The van der Waals surface area contributed by atoms with E-state index in [0.717, 1.165) is 30.6 Å². The molecule has 1 aromatic carbocycles. The van der Waals surface area contributed by atoms with Crippen molar-refractivity contribution in [1.29, 1.82) is 5.41 Å². The van der Waals surface area contributed by atoms with Crippen LogP contribution in [-0.2, 0) is 12.8 Å². The van der Waals surface area contributed by atoms with E-state index in [-0.39, 0.29) is 0 Å². The van der Waals surface area contributed by atoms with Crippen molar-refractivity contribution in [2.75, 3.05) is 0 Å². The number of aryl methyl sites for hydroxylation is 2. The predicted molar refractivity (Wildman–Crippen MR) is 105 cm³/mol. The normalized spacial score (nSPS) is 12.7. The third-order valence-electron chi connectivity index (χ3n) is 4.47. The fourth-order valence-electron chi connectivity index (χ4n) is 3.27. The van der Waals surface area contributed by atoms with Crippen LogP contribution < -0.4 is 0 Å². The van der Waals surface area contributed by atoms with Gasteiger partial charge in [0.15, 0.2) is 0 Å². The largest absolute Gasteiger partial charge is 0.456 e. The van der Waals surface area contributed by atoms with Gasteiger partial charge in [0, 0.05) is 22.7 Å². The lowest BCUT2D eigenvalue weighted by Crippen LogP contribution is -1.93. The van der Waals surface area contributed by atoms with Crippen LogP contribution in [-0.4, -0.2) is 6.21 Å². The van der Waals surface area contributed by atoms with E-state index in [1.165, 1.54) is 33.9 Å². The second-order valence-corrected chi connectivity index (χ2v) is 6.71. The van der Waals surface area contributed by atoms with Crippen LogP contribution in [0.2, 0.25) is 0 Å². The highest BCUT2D eigenvalue weighted by Crippen LogP contribution is 2.36. The number of benzene rings is 1. The summed E-state index contributed by atoms with van der Waals surface area (Å²) in [7, 11) is 0. The Morgan fingerprint density at radius 3 is 2.58 bits per heavy atom. The summed E-state index contributed by atoms with van der Waals surface area (Å²) in [4.78, 5) is 0. The molecule has 2 nitrogen and oxygen atoms in total. The number of rotatable bonds is 7. The van der Waals surface area contributed by atoms with Crippen LogP contribution in [0.15, 0.2) is 34.8 Å². The zero-order valence-corrected chi connectivity index (χ0v) is 15.6. The zero-order chi connectivity index (χ0) is 17.7. The van der Waals surface area contributed by atoms with Gasteiger partial charge in [-0.1, -0.05) is 45.1 Å². The Bertz CT molecular complexity index is 775. The van der Waals surface area contributed by atoms with Crippen LogP contribution in [0.25, 0.3) is 16.5 Å². The molecule has 0 saturated carbocycles. The number of hydrogen-bond acceptors (Lipinski definition) is 2. The smallest absolute Gasteiger partial charge is 0.138 e. The Hall–Kier alpha value is -2.09. The molecule has 128 valence electrons. The average molecular weight is 323 g/mol. The summed E-state index contributed by atoms with van der Waals surface area (Å²) in [6.07, 6.45) is 10.1. The van der Waals surface area contributed by atoms with Crippen LogP contribution in [0.1, 0.15) is 56.6 Å². The van der Waals surface area contributed by atoms with Gasteiger partial charge < -0.3 is 9.83 Å². The number of hydrogen-bond donors (Lipinski definition) is 1. The molecule has 1 heterocycles. The lowest BCUT2D eigenvalue weighted by Gasteiger charge is -2.09. The van der Waals surface area contributed by atoms with Gasteiger partial charge >= 0.3 is 0 Å². The van der Waals surface area contributed by atoms with Crippen molar-refractivity contribution in [3.8, 4) is 0 Å². The Morgan fingerprint density at radius 1 is 1.25 bits per heavy atom. The third-order valence-corrected chi connectivity index (χ3v) is 4.47. The molecule has 1 N–H and O–H groups in total. The summed E-state index contributed by atoms with van der Waals surface area (Å²) in [5.41, 5.74) is 6.10. The lowest BCUT2D eigenvalue weighted by atomic mass is 9.95. The molecule has 0 atom stereocenters. The summed E-state index contributed by atoms with van der Waals surface area (Å²) in [6.45, 7) is 10.9. The number of allylic oxidation sites excluding steroid dienone is 4. The molecule has 0 unspecified atom stereocenters. The minimum Gasteiger partial charge on any atom is -0.456 e. The molecule has 2 aromatic rings. The first kappa shape index (κ1) is 18.3. The molecule has 0 spiro atoms. The summed E-state index contributed by atoms with van der Waals surface area (Å²) in [5.74, 6) is 1.66. The van der Waals surface area contributed by atoms with Gasteiger partial charge in [-0.25, -0.2) is 0 Å². The van der Waals surface area contributed by atoms with Crippen molar-refractivity contribution in [3.05, 3.63) is 52.8 Å². The number of nitrogens with one attached hydrogen (secondary N) is 1. The van der Waals surface area contributed by atoms with Gasteiger partial charge in [-0.05, 0) is 56.2 Å². The van der Waals surface area contributed by atoms with Gasteiger partial charge in [0.2, 0.25) is 0 Å². The summed E-state index contributed by atoms with van der Waals surface area (Å²) >= 11 is 0. The fourth-order valence-corrected chi connectivity index (χ4v) is 3.27. The fraction of sp³-hybridized carbons (Fsp3) is 0.409. The highest BCUT2D eigenvalue weighted by molar-refractivity contribution is 5.89. The minimum absolute atomic E-state index is 0.603. The van der Waals surface area contributed by atoms with E-state index in [2.05, 4.69) is 52.8 Å². The van der Waals surface area contributed by atoms with Crippen molar-refractivity contribution in [1.82, 2.24) is 0 Å². The van der Waals surface area contributed by atoms with E-state index in [1.807, 2.05) is 6.08 Å². The maximum absolute atomic E-state index is 7.16. The van der Waals surface area contributed by atoms with Crippen LogP contribution in [0, 0.1) is 18.3 Å². The van der Waals surface area contributed by atoms with Crippen LogP contribution in [0.4, 0.5) is 0 Å². The Morgan fingerprint density at radius 2 is 2.00 bits per heavy atom. The maximum Gasteiger partial charge on any atom is 0.138 e.